The highest BCUT2D eigenvalue weighted by Gasteiger charge is 2.21. The summed E-state index contributed by atoms with van der Waals surface area (Å²) in [5.74, 6) is 0. The molecule has 1 aromatic rings. The number of nitrogens with two attached hydrogens (primary N) is 1. The smallest absolute Gasteiger partial charge is 0.0582 e. The van der Waals surface area contributed by atoms with Gasteiger partial charge in [0.1, 0.15) is 0 Å². The molecule has 0 saturated carbocycles. The molecule has 3 N–H and O–H groups in total. The second-order valence-corrected chi connectivity index (χ2v) is 4.97. The second-order valence-electron chi connectivity index (χ2n) is 4.97. The third-order valence-corrected chi connectivity index (χ3v) is 2.57. The number of hydrogen-bond donors (Lipinski definition) is 2. The molecule has 0 saturated heterocycles. The van der Waals surface area contributed by atoms with Crippen molar-refractivity contribution >= 4 is 0 Å². The van der Waals surface area contributed by atoms with Crippen LogP contribution in [0.15, 0.2) is 30.3 Å². The first-order valence-corrected chi connectivity index (χ1v) is 5.44. The van der Waals surface area contributed by atoms with Crippen LogP contribution >= 0.6 is 0 Å². The molecule has 0 aromatic heterocycles. The summed E-state index contributed by atoms with van der Waals surface area (Å²) in [6, 6.07) is 10.3. The van der Waals surface area contributed by atoms with E-state index in [1.54, 1.807) is 0 Å². The van der Waals surface area contributed by atoms with Crippen molar-refractivity contribution < 1.29 is 5.11 Å². The summed E-state index contributed by atoms with van der Waals surface area (Å²) in [4.78, 5) is 0. The Morgan fingerprint density at radius 2 is 1.87 bits per heavy atom. The van der Waals surface area contributed by atoms with Crippen molar-refractivity contribution in [2.45, 2.75) is 32.7 Å². The molecule has 0 amide bonds. The first-order chi connectivity index (χ1) is 7.03. The number of aliphatic hydroxyl groups is 1. The van der Waals surface area contributed by atoms with Gasteiger partial charge in [-0.2, -0.15) is 0 Å². The van der Waals surface area contributed by atoms with Crippen molar-refractivity contribution in [1.82, 2.24) is 0 Å². The summed E-state index contributed by atoms with van der Waals surface area (Å²) in [6.45, 7) is 4.45. The van der Waals surface area contributed by atoms with Crippen molar-refractivity contribution in [3.63, 3.8) is 0 Å². The molecule has 1 aromatic carbocycles. The fraction of sp³-hybridized carbons (Fsp3) is 0.538. The zero-order chi connectivity index (χ0) is 11.3. The molecule has 1 rings (SSSR count). The van der Waals surface area contributed by atoms with Crippen LogP contribution in [0.25, 0.3) is 0 Å². The predicted octanol–water partition coefficient (Wildman–Crippen LogP) is 1.97. The van der Waals surface area contributed by atoms with Gasteiger partial charge >= 0.3 is 0 Å². The van der Waals surface area contributed by atoms with Crippen LogP contribution in [-0.2, 0) is 6.42 Å². The topological polar surface area (TPSA) is 46.2 Å². The minimum atomic E-state index is -0.108. The van der Waals surface area contributed by atoms with E-state index in [0.717, 1.165) is 12.8 Å². The van der Waals surface area contributed by atoms with Crippen molar-refractivity contribution in [3.05, 3.63) is 35.9 Å². The number of benzene rings is 1. The highest BCUT2D eigenvalue weighted by atomic mass is 16.3. The van der Waals surface area contributed by atoms with E-state index in [4.69, 9.17) is 10.8 Å². The fourth-order valence-corrected chi connectivity index (χ4v) is 1.99. The van der Waals surface area contributed by atoms with Crippen molar-refractivity contribution in [3.8, 4) is 0 Å². The number of rotatable bonds is 5. The number of aliphatic hydroxyl groups excluding tert-OH is 1. The molecule has 0 heterocycles. The molecular formula is C13H21NO. The van der Waals surface area contributed by atoms with Crippen LogP contribution < -0.4 is 5.73 Å². The average molecular weight is 207 g/mol. The molecule has 0 radical (unpaired) electrons. The molecular weight excluding hydrogens is 186 g/mol. The Morgan fingerprint density at radius 1 is 1.27 bits per heavy atom. The van der Waals surface area contributed by atoms with Gasteiger partial charge in [0, 0.05) is 6.04 Å². The Hall–Kier alpha value is -0.860. The van der Waals surface area contributed by atoms with Crippen LogP contribution in [-0.4, -0.2) is 17.8 Å². The maximum Gasteiger partial charge on any atom is 0.0582 e. The Morgan fingerprint density at radius 3 is 2.40 bits per heavy atom. The van der Waals surface area contributed by atoms with Gasteiger partial charge in [-0.05, 0) is 23.8 Å². The molecule has 0 bridgehead atoms. The maximum atomic E-state index is 8.94. The van der Waals surface area contributed by atoms with Gasteiger partial charge in [0.2, 0.25) is 0 Å². The Balaban J connectivity index is 2.56. The Labute approximate surface area is 92.1 Å². The number of hydrogen-bond acceptors (Lipinski definition) is 2. The maximum absolute atomic E-state index is 8.94. The van der Waals surface area contributed by atoms with Gasteiger partial charge in [-0.15, -0.1) is 0 Å². The molecule has 0 spiro atoms. The van der Waals surface area contributed by atoms with E-state index < -0.39 is 0 Å². The van der Waals surface area contributed by atoms with E-state index in [0.29, 0.717) is 0 Å². The van der Waals surface area contributed by atoms with E-state index in [1.807, 2.05) is 6.07 Å². The molecule has 2 nitrogen and oxygen atoms in total. The van der Waals surface area contributed by atoms with Crippen LogP contribution in [0.4, 0.5) is 0 Å². The van der Waals surface area contributed by atoms with Crippen LogP contribution in [0.5, 0.6) is 0 Å². The highest BCUT2D eigenvalue weighted by molar-refractivity contribution is 5.16. The van der Waals surface area contributed by atoms with Gasteiger partial charge in [-0.25, -0.2) is 0 Å². The molecule has 1 atom stereocenters. The Bertz CT molecular complexity index is 282. The quantitative estimate of drug-likeness (QED) is 0.775. The minimum Gasteiger partial charge on any atom is -0.395 e. The van der Waals surface area contributed by atoms with Crippen molar-refractivity contribution in [2.75, 3.05) is 6.61 Å². The van der Waals surface area contributed by atoms with E-state index >= 15 is 0 Å². The standard InChI is InChI=1S/C13H21NO/c1-13(2,9-12(14)10-15)8-11-6-4-3-5-7-11/h3-7,12,15H,8-10,14H2,1-2H3/t12-/m0/s1. The van der Waals surface area contributed by atoms with Crippen LogP contribution in [0.3, 0.4) is 0 Å². The fourth-order valence-electron chi connectivity index (χ4n) is 1.99. The monoisotopic (exact) mass is 207 g/mol. The second kappa shape index (κ2) is 5.29. The lowest BCUT2D eigenvalue weighted by Gasteiger charge is -2.27. The van der Waals surface area contributed by atoms with Crippen molar-refractivity contribution in [1.29, 1.82) is 0 Å². The van der Waals surface area contributed by atoms with Crippen LogP contribution in [0.2, 0.25) is 0 Å². The van der Waals surface area contributed by atoms with Crippen LogP contribution in [0, 0.1) is 5.41 Å². The molecule has 84 valence electrons. The molecule has 2 heteroatoms. The first kappa shape index (κ1) is 12.2. The third kappa shape index (κ3) is 4.45. The Kier molecular flexibility index (Phi) is 4.30. The van der Waals surface area contributed by atoms with E-state index in [-0.39, 0.29) is 18.1 Å². The lowest BCUT2D eigenvalue weighted by atomic mass is 9.80. The van der Waals surface area contributed by atoms with Crippen molar-refractivity contribution in [2.24, 2.45) is 11.1 Å². The molecule has 0 aliphatic carbocycles. The summed E-state index contributed by atoms with van der Waals surface area (Å²) in [6.07, 6.45) is 1.85. The molecule has 0 unspecified atom stereocenters. The normalized spacial score (nSPS) is 13.9. The lowest BCUT2D eigenvalue weighted by molar-refractivity contribution is 0.213. The average Bonchev–Trinajstić information content (AvgIpc) is 2.17. The highest BCUT2D eigenvalue weighted by Crippen LogP contribution is 2.26. The summed E-state index contributed by atoms with van der Waals surface area (Å²) in [7, 11) is 0. The van der Waals surface area contributed by atoms with Gasteiger partial charge in [0.25, 0.3) is 0 Å². The molecule has 15 heavy (non-hydrogen) atoms. The third-order valence-electron chi connectivity index (χ3n) is 2.57. The summed E-state index contributed by atoms with van der Waals surface area (Å²) in [5, 5.41) is 8.94. The predicted molar refractivity (Wildman–Crippen MR) is 63.6 cm³/mol. The molecule has 0 aliphatic rings. The largest absolute Gasteiger partial charge is 0.395 e. The first-order valence-electron chi connectivity index (χ1n) is 5.44. The van der Waals surface area contributed by atoms with Crippen LogP contribution in [0.1, 0.15) is 25.8 Å². The van der Waals surface area contributed by atoms with Gasteiger partial charge in [-0.1, -0.05) is 44.2 Å². The van der Waals surface area contributed by atoms with E-state index in [9.17, 15) is 0 Å². The van der Waals surface area contributed by atoms with Gasteiger partial charge < -0.3 is 10.8 Å². The molecule has 0 aliphatic heterocycles. The van der Waals surface area contributed by atoms with Gasteiger partial charge in [-0.3, -0.25) is 0 Å². The molecule has 0 fully saturated rings. The summed E-state index contributed by atoms with van der Waals surface area (Å²) >= 11 is 0. The van der Waals surface area contributed by atoms with Gasteiger partial charge in [0.15, 0.2) is 0 Å². The lowest BCUT2D eigenvalue weighted by Crippen LogP contribution is -2.32. The van der Waals surface area contributed by atoms with Gasteiger partial charge in [0.05, 0.1) is 6.61 Å². The van der Waals surface area contributed by atoms with E-state index in [2.05, 4.69) is 38.1 Å². The zero-order valence-electron chi connectivity index (χ0n) is 9.61. The SMILES string of the molecule is CC(C)(Cc1ccccc1)C[C@H](N)CO. The van der Waals surface area contributed by atoms with E-state index in [1.165, 1.54) is 5.56 Å². The minimum absolute atomic E-state index is 0.0677. The summed E-state index contributed by atoms with van der Waals surface area (Å²) in [5.41, 5.74) is 7.23. The zero-order valence-corrected chi connectivity index (χ0v) is 9.61. The summed E-state index contributed by atoms with van der Waals surface area (Å²) < 4.78 is 0.